The van der Waals surface area contributed by atoms with Gasteiger partial charge >= 0.3 is 0 Å². The summed E-state index contributed by atoms with van der Waals surface area (Å²) >= 11 is 0. The molecule has 2 unspecified atom stereocenters. The monoisotopic (exact) mass is 268 g/mol. The van der Waals surface area contributed by atoms with Crippen molar-refractivity contribution < 1.29 is 0 Å². The molecule has 2 saturated heterocycles. The van der Waals surface area contributed by atoms with Crippen molar-refractivity contribution in [3.8, 4) is 0 Å². The molecule has 0 saturated carbocycles. The van der Waals surface area contributed by atoms with Crippen molar-refractivity contribution in [1.29, 1.82) is 0 Å². The molecule has 0 bridgehead atoms. The highest BCUT2D eigenvalue weighted by molar-refractivity contribution is 5.85. The third-order valence-corrected chi connectivity index (χ3v) is 3.84. The van der Waals surface area contributed by atoms with Crippen LogP contribution in [-0.2, 0) is 0 Å². The predicted octanol–water partition coefficient (Wildman–Crippen LogP) is 2.85. The van der Waals surface area contributed by atoms with Crippen molar-refractivity contribution in [3.05, 3.63) is 0 Å². The van der Waals surface area contributed by atoms with Crippen molar-refractivity contribution in [3.63, 3.8) is 0 Å². The number of nitrogens with one attached hydrogen (secondary N) is 1. The van der Waals surface area contributed by atoms with Crippen molar-refractivity contribution in [2.75, 3.05) is 19.6 Å². The summed E-state index contributed by atoms with van der Waals surface area (Å²) in [6.07, 6.45) is 8.43. The summed E-state index contributed by atoms with van der Waals surface area (Å²) < 4.78 is 0. The van der Waals surface area contributed by atoms with Gasteiger partial charge in [-0.25, -0.2) is 0 Å². The first-order chi connectivity index (χ1) is 6.90. The lowest BCUT2D eigenvalue weighted by molar-refractivity contribution is 0.132. The molecule has 0 spiro atoms. The van der Waals surface area contributed by atoms with E-state index in [1.54, 1.807) is 0 Å². The zero-order chi connectivity index (χ0) is 9.80. The molecule has 2 nitrogen and oxygen atoms in total. The van der Waals surface area contributed by atoms with E-state index in [9.17, 15) is 0 Å². The highest BCUT2D eigenvalue weighted by atomic mass is 35.5. The average Bonchev–Trinajstić information content (AvgIpc) is 2.71. The van der Waals surface area contributed by atoms with E-state index in [0.29, 0.717) is 0 Å². The second kappa shape index (κ2) is 8.57. The maximum absolute atomic E-state index is 3.61. The van der Waals surface area contributed by atoms with Crippen LogP contribution in [-0.4, -0.2) is 36.6 Å². The summed E-state index contributed by atoms with van der Waals surface area (Å²) in [4.78, 5) is 2.73. The van der Waals surface area contributed by atoms with E-state index in [1.807, 2.05) is 0 Å². The molecular weight excluding hydrogens is 243 g/mol. The van der Waals surface area contributed by atoms with Gasteiger partial charge in [0.2, 0.25) is 0 Å². The molecule has 2 aliphatic rings. The van der Waals surface area contributed by atoms with Crippen LogP contribution in [0.2, 0.25) is 0 Å². The summed E-state index contributed by atoms with van der Waals surface area (Å²) in [5, 5.41) is 3.61. The van der Waals surface area contributed by atoms with Crippen molar-refractivity contribution in [2.45, 2.75) is 57.5 Å². The quantitative estimate of drug-likeness (QED) is 0.847. The number of hydrogen-bond donors (Lipinski definition) is 1. The van der Waals surface area contributed by atoms with Crippen LogP contribution in [0, 0.1) is 0 Å². The van der Waals surface area contributed by atoms with Crippen LogP contribution in [0.4, 0.5) is 0 Å². The van der Waals surface area contributed by atoms with Crippen LogP contribution < -0.4 is 5.32 Å². The van der Waals surface area contributed by atoms with E-state index in [4.69, 9.17) is 0 Å². The van der Waals surface area contributed by atoms with E-state index < -0.39 is 0 Å². The second-order valence-electron chi connectivity index (χ2n) is 4.85. The molecule has 4 heteroatoms. The predicted molar refractivity (Wildman–Crippen MR) is 75.0 cm³/mol. The van der Waals surface area contributed by atoms with E-state index in [2.05, 4.69) is 17.1 Å². The summed E-state index contributed by atoms with van der Waals surface area (Å²) in [6.45, 7) is 6.23. The zero-order valence-corrected chi connectivity index (χ0v) is 11.9. The Bertz CT molecular complexity index is 172. The van der Waals surface area contributed by atoms with Gasteiger partial charge in [-0.15, -0.1) is 24.8 Å². The Morgan fingerprint density at radius 2 is 1.94 bits per heavy atom. The first-order valence-corrected chi connectivity index (χ1v) is 6.37. The van der Waals surface area contributed by atoms with Gasteiger partial charge in [-0.1, -0.05) is 13.3 Å². The molecule has 0 amide bonds. The van der Waals surface area contributed by atoms with Crippen LogP contribution in [0.15, 0.2) is 0 Å². The van der Waals surface area contributed by atoms with E-state index in [0.717, 1.165) is 12.1 Å². The standard InChI is InChI=1S/C12H24N2.2ClH/c1-2-12-7-3-4-9-14(12)10-11-6-5-8-13-11;;/h11-13H,2-10H2,1H3;2*1H. The minimum Gasteiger partial charge on any atom is -0.313 e. The first kappa shape index (κ1) is 16.5. The van der Waals surface area contributed by atoms with E-state index in [1.165, 1.54) is 58.2 Å². The van der Waals surface area contributed by atoms with Crippen LogP contribution in [0.1, 0.15) is 45.4 Å². The molecule has 2 atom stereocenters. The van der Waals surface area contributed by atoms with E-state index in [-0.39, 0.29) is 24.8 Å². The molecular formula is C12H26Cl2N2. The van der Waals surface area contributed by atoms with Gasteiger partial charge in [0.05, 0.1) is 0 Å². The Hall–Kier alpha value is 0.500. The fourth-order valence-electron chi connectivity index (χ4n) is 2.96. The van der Waals surface area contributed by atoms with Crippen molar-refractivity contribution in [2.24, 2.45) is 0 Å². The number of nitrogens with zero attached hydrogens (tertiary/aromatic N) is 1. The van der Waals surface area contributed by atoms with Gasteiger partial charge in [-0.2, -0.15) is 0 Å². The number of halogens is 2. The zero-order valence-electron chi connectivity index (χ0n) is 10.3. The maximum Gasteiger partial charge on any atom is 0.0195 e. The van der Waals surface area contributed by atoms with Gasteiger partial charge < -0.3 is 5.32 Å². The highest BCUT2D eigenvalue weighted by Crippen LogP contribution is 2.20. The van der Waals surface area contributed by atoms with E-state index >= 15 is 0 Å². The Balaban J connectivity index is 0.00000112. The molecule has 0 aromatic rings. The lowest BCUT2D eigenvalue weighted by Gasteiger charge is -2.36. The SMILES string of the molecule is CCC1CCCCN1CC1CCCN1.Cl.Cl. The summed E-state index contributed by atoms with van der Waals surface area (Å²) in [5.74, 6) is 0. The third kappa shape index (κ3) is 4.40. The summed E-state index contributed by atoms with van der Waals surface area (Å²) in [6, 6.07) is 1.67. The third-order valence-electron chi connectivity index (χ3n) is 3.84. The van der Waals surface area contributed by atoms with Crippen molar-refractivity contribution >= 4 is 24.8 Å². The smallest absolute Gasteiger partial charge is 0.0195 e. The average molecular weight is 269 g/mol. The van der Waals surface area contributed by atoms with Gasteiger partial charge in [0, 0.05) is 18.6 Å². The summed E-state index contributed by atoms with van der Waals surface area (Å²) in [7, 11) is 0. The lowest BCUT2D eigenvalue weighted by Crippen LogP contribution is -2.45. The topological polar surface area (TPSA) is 15.3 Å². The lowest BCUT2D eigenvalue weighted by atomic mass is 9.99. The van der Waals surface area contributed by atoms with Crippen LogP contribution in [0.5, 0.6) is 0 Å². The minimum absolute atomic E-state index is 0. The minimum atomic E-state index is 0. The van der Waals surface area contributed by atoms with Gasteiger partial charge in [0.15, 0.2) is 0 Å². The van der Waals surface area contributed by atoms with Crippen LogP contribution in [0.3, 0.4) is 0 Å². The highest BCUT2D eigenvalue weighted by Gasteiger charge is 2.24. The molecule has 2 heterocycles. The van der Waals surface area contributed by atoms with Crippen LogP contribution in [0.25, 0.3) is 0 Å². The first-order valence-electron chi connectivity index (χ1n) is 6.37. The summed E-state index contributed by atoms with van der Waals surface area (Å²) in [5.41, 5.74) is 0. The van der Waals surface area contributed by atoms with Gasteiger partial charge in [-0.05, 0) is 45.2 Å². The molecule has 0 radical (unpaired) electrons. The normalized spacial score (nSPS) is 30.6. The number of hydrogen-bond acceptors (Lipinski definition) is 2. The molecule has 0 aromatic heterocycles. The number of rotatable bonds is 3. The maximum atomic E-state index is 3.61. The molecule has 2 aliphatic heterocycles. The Morgan fingerprint density at radius 3 is 2.56 bits per heavy atom. The van der Waals surface area contributed by atoms with Gasteiger partial charge in [0.25, 0.3) is 0 Å². The molecule has 0 aliphatic carbocycles. The Morgan fingerprint density at radius 1 is 1.12 bits per heavy atom. The Labute approximate surface area is 112 Å². The molecule has 0 aromatic carbocycles. The molecule has 2 rings (SSSR count). The van der Waals surface area contributed by atoms with Crippen molar-refractivity contribution in [1.82, 2.24) is 10.2 Å². The number of likely N-dealkylation sites (tertiary alicyclic amines) is 1. The molecule has 2 fully saturated rings. The van der Waals surface area contributed by atoms with Gasteiger partial charge in [0.1, 0.15) is 0 Å². The molecule has 1 N–H and O–H groups in total. The molecule has 98 valence electrons. The fourth-order valence-corrected chi connectivity index (χ4v) is 2.96. The Kier molecular flexibility index (Phi) is 8.84. The number of piperidine rings is 1. The van der Waals surface area contributed by atoms with Gasteiger partial charge in [-0.3, -0.25) is 4.90 Å². The fraction of sp³-hybridized carbons (Fsp3) is 1.00. The second-order valence-corrected chi connectivity index (χ2v) is 4.85. The largest absolute Gasteiger partial charge is 0.313 e. The van der Waals surface area contributed by atoms with Crippen LogP contribution >= 0.6 is 24.8 Å². The molecule has 16 heavy (non-hydrogen) atoms.